The van der Waals surface area contributed by atoms with Gasteiger partial charge in [0.05, 0.1) is 13.2 Å². The van der Waals surface area contributed by atoms with E-state index < -0.39 is 11.9 Å². The Morgan fingerprint density at radius 3 is 2.50 bits per heavy atom. The highest BCUT2D eigenvalue weighted by molar-refractivity contribution is 5.42. The van der Waals surface area contributed by atoms with Crippen molar-refractivity contribution in [1.29, 1.82) is 0 Å². The first-order valence-electron chi connectivity index (χ1n) is 6.44. The Morgan fingerprint density at radius 1 is 1.15 bits per heavy atom. The fraction of sp³-hybridized carbons (Fsp3) is 0.250. The van der Waals surface area contributed by atoms with Crippen LogP contribution in [0.2, 0.25) is 0 Å². The second-order valence-corrected chi connectivity index (χ2v) is 4.82. The van der Waals surface area contributed by atoms with Crippen LogP contribution in [-0.2, 0) is 0 Å². The lowest BCUT2D eigenvalue weighted by molar-refractivity contribution is 0.381. The molecule has 4 heteroatoms. The van der Waals surface area contributed by atoms with E-state index in [0.717, 1.165) is 16.7 Å². The van der Waals surface area contributed by atoms with Crippen molar-refractivity contribution in [2.45, 2.75) is 19.9 Å². The third-order valence-electron chi connectivity index (χ3n) is 3.43. The second-order valence-electron chi connectivity index (χ2n) is 4.82. The van der Waals surface area contributed by atoms with Gasteiger partial charge in [0.1, 0.15) is 0 Å². The molecule has 0 spiro atoms. The predicted molar refractivity (Wildman–Crippen MR) is 78.0 cm³/mol. The minimum absolute atomic E-state index is 0.215. The fourth-order valence-corrected chi connectivity index (χ4v) is 2.40. The molecule has 0 radical (unpaired) electrons. The Balaban J connectivity index is 2.52. The molecule has 0 fully saturated rings. The number of aryl methyl sites for hydroxylation is 2. The molecule has 106 valence electrons. The first-order valence-corrected chi connectivity index (χ1v) is 6.44. The maximum Gasteiger partial charge on any atom is 0.170 e. The molecule has 1 atom stereocenters. The van der Waals surface area contributed by atoms with E-state index in [1.165, 1.54) is 7.11 Å². The van der Waals surface area contributed by atoms with E-state index in [-0.39, 0.29) is 5.75 Å². The normalized spacial score (nSPS) is 12.2. The molecule has 0 saturated carbocycles. The van der Waals surface area contributed by atoms with Gasteiger partial charge in [-0.05, 0) is 31.0 Å². The van der Waals surface area contributed by atoms with E-state index in [1.807, 2.05) is 26.0 Å². The van der Waals surface area contributed by atoms with Crippen molar-refractivity contribution in [2.24, 2.45) is 5.84 Å². The van der Waals surface area contributed by atoms with Crippen molar-refractivity contribution < 1.29 is 9.13 Å². The van der Waals surface area contributed by atoms with E-state index in [0.29, 0.717) is 5.56 Å². The molecule has 0 aliphatic carbocycles. The average Bonchev–Trinajstić information content (AvgIpc) is 2.43. The molecular weight excluding hydrogens is 255 g/mol. The highest BCUT2D eigenvalue weighted by Crippen LogP contribution is 2.30. The Bertz CT molecular complexity index is 613. The van der Waals surface area contributed by atoms with Crippen molar-refractivity contribution >= 4 is 0 Å². The van der Waals surface area contributed by atoms with E-state index in [1.54, 1.807) is 18.2 Å². The minimum atomic E-state index is -0.411. The number of nitrogens with two attached hydrogens (primary N) is 1. The number of ether oxygens (including phenoxy) is 1. The highest BCUT2D eigenvalue weighted by atomic mass is 19.1. The van der Waals surface area contributed by atoms with Gasteiger partial charge in [-0.3, -0.25) is 5.84 Å². The van der Waals surface area contributed by atoms with E-state index in [2.05, 4.69) is 11.5 Å². The summed E-state index contributed by atoms with van der Waals surface area (Å²) in [4.78, 5) is 0. The van der Waals surface area contributed by atoms with Gasteiger partial charge in [-0.2, -0.15) is 0 Å². The molecule has 3 N–H and O–H groups in total. The van der Waals surface area contributed by atoms with Gasteiger partial charge in [-0.15, -0.1) is 0 Å². The van der Waals surface area contributed by atoms with Gasteiger partial charge < -0.3 is 4.74 Å². The van der Waals surface area contributed by atoms with Gasteiger partial charge in [0.15, 0.2) is 11.6 Å². The topological polar surface area (TPSA) is 47.3 Å². The summed E-state index contributed by atoms with van der Waals surface area (Å²) in [6.45, 7) is 4.01. The molecule has 20 heavy (non-hydrogen) atoms. The summed E-state index contributed by atoms with van der Waals surface area (Å²) in [6.07, 6.45) is 0. The number of hydrazine groups is 1. The highest BCUT2D eigenvalue weighted by Gasteiger charge is 2.20. The predicted octanol–water partition coefficient (Wildman–Crippen LogP) is 3.00. The van der Waals surface area contributed by atoms with Crippen LogP contribution in [0.1, 0.15) is 28.3 Å². The maximum atomic E-state index is 14.4. The van der Waals surface area contributed by atoms with Crippen LogP contribution < -0.4 is 16.0 Å². The van der Waals surface area contributed by atoms with Crippen LogP contribution in [0.4, 0.5) is 4.39 Å². The molecule has 0 bridgehead atoms. The summed E-state index contributed by atoms with van der Waals surface area (Å²) in [5, 5.41) is 0. The molecular formula is C16H19FN2O. The van der Waals surface area contributed by atoms with E-state index >= 15 is 0 Å². The summed E-state index contributed by atoms with van der Waals surface area (Å²) in [6, 6.07) is 10.7. The lowest BCUT2D eigenvalue weighted by Crippen LogP contribution is -2.30. The summed E-state index contributed by atoms with van der Waals surface area (Å²) >= 11 is 0. The first-order chi connectivity index (χ1) is 9.58. The van der Waals surface area contributed by atoms with Gasteiger partial charge in [0.25, 0.3) is 0 Å². The van der Waals surface area contributed by atoms with Gasteiger partial charge in [-0.25, -0.2) is 9.82 Å². The second kappa shape index (κ2) is 6.03. The number of hydrogen-bond acceptors (Lipinski definition) is 3. The number of benzene rings is 2. The quantitative estimate of drug-likeness (QED) is 0.665. The molecule has 0 aromatic heterocycles. The molecule has 0 saturated heterocycles. The SMILES string of the molecule is COc1cccc(C(NN)c2ccc(C)cc2C)c1F. The van der Waals surface area contributed by atoms with E-state index in [9.17, 15) is 4.39 Å². The van der Waals surface area contributed by atoms with Crippen LogP contribution in [0.25, 0.3) is 0 Å². The average molecular weight is 274 g/mol. The molecule has 0 heterocycles. The molecule has 3 nitrogen and oxygen atoms in total. The lowest BCUT2D eigenvalue weighted by Gasteiger charge is -2.20. The number of halogens is 1. The van der Waals surface area contributed by atoms with Crippen LogP contribution in [0.15, 0.2) is 36.4 Å². The molecule has 1 unspecified atom stereocenters. The number of rotatable bonds is 4. The molecule has 0 amide bonds. The van der Waals surface area contributed by atoms with Gasteiger partial charge in [-0.1, -0.05) is 35.9 Å². The number of methoxy groups -OCH3 is 1. The van der Waals surface area contributed by atoms with Gasteiger partial charge in [0, 0.05) is 5.56 Å². The standard InChI is InChI=1S/C16H19FN2O/c1-10-7-8-12(11(2)9-10)16(19-18)13-5-4-6-14(20-3)15(13)17/h4-9,16,19H,18H2,1-3H3. The molecule has 0 aliphatic heterocycles. The van der Waals surface area contributed by atoms with Crippen LogP contribution in [0.5, 0.6) is 5.75 Å². The Labute approximate surface area is 118 Å². The largest absolute Gasteiger partial charge is 0.494 e. The zero-order valence-electron chi connectivity index (χ0n) is 11.9. The van der Waals surface area contributed by atoms with Crippen LogP contribution in [0, 0.1) is 19.7 Å². The monoisotopic (exact) mass is 274 g/mol. The van der Waals surface area contributed by atoms with Crippen molar-refractivity contribution in [1.82, 2.24) is 5.43 Å². The summed E-state index contributed by atoms with van der Waals surface area (Å²) in [5.41, 5.74) is 6.34. The molecule has 2 aromatic carbocycles. The van der Waals surface area contributed by atoms with Crippen molar-refractivity contribution in [3.05, 3.63) is 64.5 Å². The first kappa shape index (κ1) is 14.5. The van der Waals surface area contributed by atoms with Gasteiger partial charge in [0.2, 0.25) is 0 Å². The molecule has 2 rings (SSSR count). The van der Waals surface area contributed by atoms with Crippen molar-refractivity contribution in [3.63, 3.8) is 0 Å². The third kappa shape index (κ3) is 2.66. The number of nitrogens with one attached hydrogen (secondary N) is 1. The van der Waals surface area contributed by atoms with Crippen molar-refractivity contribution in [2.75, 3.05) is 7.11 Å². The van der Waals surface area contributed by atoms with Crippen molar-refractivity contribution in [3.8, 4) is 5.75 Å². The molecule has 0 aliphatic rings. The van der Waals surface area contributed by atoms with Crippen LogP contribution in [0.3, 0.4) is 0 Å². The number of hydrogen-bond donors (Lipinski definition) is 2. The Morgan fingerprint density at radius 2 is 1.90 bits per heavy atom. The summed E-state index contributed by atoms with van der Waals surface area (Å²) in [7, 11) is 1.45. The zero-order chi connectivity index (χ0) is 14.7. The Hall–Kier alpha value is -1.91. The maximum absolute atomic E-state index is 14.4. The summed E-state index contributed by atoms with van der Waals surface area (Å²) in [5.74, 6) is 5.47. The Kier molecular flexibility index (Phi) is 4.37. The zero-order valence-corrected chi connectivity index (χ0v) is 11.9. The summed E-state index contributed by atoms with van der Waals surface area (Å²) < 4.78 is 19.4. The fourth-order valence-electron chi connectivity index (χ4n) is 2.40. The third-order valence-corrected chi connectivity index (χ3v) is 3.43. The van der Waals surface area contributed by atoms with E-state index in [4.69, 9.17) is 10.6 Å². The lowest BCUT2D eigenvalue weighted by atomic mass is 9.94. The molecule has 2 aromatic rings. The smallest absolute Gasteiger partial charge is 0.170 e. The van der Waals surface area contributed by atoms with Crippen LogP contribution >= 0.6 is 0 Å². The van der Waals surface area contributed by atoms with Gasteiger partial charge >= 0.3 is 0 Å². The van der Waals surface area contributed by atoms with Crippen LogP contribution in [-0.4, -0.2) is 7.11 Å². The minimum Gasteiger partial charge on any atom is -0.494 e.